The molecule has 2 aromatic carbocycles. The first-order valence-corrected chi connectivity index (χ1v) is 18.5. The van der Waals surface area contributed by atoms with E-state index in [1.165, 1.54) is 25.6 Å². The van der Waals surface area contributed by atoms with Crippen molar-refractivity contribution in [3.05, 3.63) is 71.9 Å². The number of benzene rings is 2. The van der Waals surface area contributed by atoms with Crippen LogP contribution in [0.3, 0.4) is 0 Å². The fourth-order valence-corrected chi connectivity index (χ4v) is 6.01. The summed E-state index contributed by atoms with van der Waals surface area (Å²) in [4.78, 5) is 85.4. The van der Waals surface area contributed by atoms with Gasteiger partial charge in [-0.15, -0.1) is 0 Å². The van der Waals surface area contributed by atoms with Gasteiger partial charge in [0.1, 0.15) is 30.2 Å². The molecule has 1 heterocycles. The molecule has 0 radical (unpaired) electrons. The van der Waals surface area contributed by atoms with Crippen molar-refractivity contribution in [3.8, 4) is 0 Å². The minimum Gasteiger partial charge on any atom is -0.480 e. The van der Waals surface area contributed by atoms with Gasteiger partial charge in [0, 0.05) is 43.4 Å². The average Bonchev–Trinajstić information content (AvgIpc) is 3.52. The van der Waals surface area contributed by atoms with E-state index >= 15 is 0 Å². The lowest BCUT2D eigenvalue weighted by molar-refractivity contribution is -0.142. The quantitative estimate of drug-likeness (QED) is 0.0409. The fourth-order valence-electron chi connectivity index (χ4n) is 5.54. The Morgan fingerprint density at radius 3 is 1.98 bits per heavy atom. The molecule has 0 unspecified atom stereocenters. The van der Waals surface area contributed by atoms with E-state index in [9.17, 15) is 33.9 Å². The zero-order chi connectivity index (χ0) is 38.9. The molecule has 53 heavy (non-hydrogen) atoms. The summed E-state index contributed by atoms with van der Waals surface area (Å²) in [6.45, 7) is 2.90. The molecule has 3 aromatic rings. The Bertz CT molecular complexity index is 1750. The van der Waals surface area contributed by atoms with E-state index < -0.39 is 65.7 Å². The fraction of sp³-hybridized carbons (Fsp3) is 0.417. The van der Waals surface area contributed by atoms with Gasteiger partial charge >= 0.3 is 5.97 Å². The van der Waals surface area contributed by atoms with Crippen LogP contribution in [0.25, 0.3) is 10.9 Å². The number of carboxylic acids is 1. The molecule has 0 saturated carbocycles. The van der Waals surface area contributed by atoms with Crippen molar-refractivity contribution in [2.45, 2.75) is 76.2 Å². The predicted molar refractivity (Wildman–Crippen MR) is 204 cm³/mol. The molecule has 0 aliphatic heterocycles. The summed E-state index contributed by atoms with van der Waals surface area (Å²) >= 11 is 1.44. The van der Waals surface area contributed by atoms with Crippen LogP contribution in [0.15, 0.2) is 65.8 Å². The van der Waals surface area contributed by atoms with E-state index in [0.29, 0.717) is 11.3 Å². The Balaban J connectivity index is 1.85. The van der Waals surface area contributed by atoms with Crippen molar-refractivity contribution in [1.82, 2.24) is 31.6 Å². The minimum absolute atomic E-state index is 0.00702. The van der Waals surface area contributed by atoms with E-state index in [1.807, 2.05) is 30.5 Å². The number of guanidine groups is 1. The van der Waals surface area contributed by atoms with Crippen LogP contribution in [0.4, 0.5) is 0 Å². The third kappa shape index (κ3) is 13.8. The molecule has 11 N–H and O–H groups in total. The summed E-state index contributed by atoms with van der Waals surface area (Å²) in [6, 6.07) is 10.5. The van der Waals surface area contributed by atoms with Crippen LogP contribution >= 0.6 is 11.8 Å². The smallest absolute Gasteiger partial charge is 0.326 e. The topological polar surface area (TPSA) is 263 Å². The van der Waals surface area contributed by atoms with Crippen LogP contribution in [-0.4, -0.2) is 100 Å². The highest BCUT2D eigenvalue weighted by atomic mass is 32.2. The maximum absolute atomic E-state index is 14.0. The number of aliphatic carboxylic acids is 1. The predicted octanol–water partition coefficient (Wildman–Crippen LogP) is 0.308. The van der Waals surface area contributed by atoms with Crippen molar-refractivity contribution < 1.29 is 33.9 Å². The van der Waals surface area contributed by atoms with Crippen LogP contribution < -0.4 is 38.1 Å². The highest BCUT2D eigenvalue weighted by Gasteiger charge is 2.32. The van der Waals surface area contributed by atoms with Crippen molar-refractivity contribution >= 4 is 64.1 Å². The first-order valence-electron chi connectivity index (χ1n) is 17.1. The molecule has 286 valence electrons. The van der Waals surface area contributed by atoms with Gasteiger partial charge in [-0.1, -0.05) is 48.5 Å². The number of thioether (sulfide) groups is 1. The first kappa shape index (κ1) is 41.8. The second kappa shape index (κ2) is 21.1. The van der Waals surface area contributed by atoms with E-state index in [-0.39, 0.29) is 44.6 Å². The second-order valence-corrected chi connectivity index (χ2v) is 13.5. The van der Waals surface area contributed by atoms with Gasteiger partial charge in [-0.25, -0.2) is 4.79 Å². The maximum Gasteiger partial charge on any atom is 0.326 e. The number of nitrogens with two attached hydrogens (primary N) is 2. The number of aliphatic imine (C=N–C) groups is 1. The molecule has 5 amide bonds. The third-order valence-electron chi connectivity index (χ3n) is 8.26. The number of carbonyl (C=O) groups excluding carboxylic acids is 5. The molecule has 17 heteroatoms. The number of fused-ring (bicyclic) bond motifs is 1. The van der Waals surface area contributed by atoms with Crippen LogP contribution in [0.1, 0.15) is 44.2 Å². The van der Waals surface area contributed by atoms with Gasteiger partial charge in [0.05, 0.1) is 0 Å². The number of aromatic amines is 1. The highest BCUT2D eigenvalue weighted by Crippen LogP contribution is 2.19. The Hall–Kier alpha value is -5.58. The molecular formula is C36H49N9O7S. The van der Waals surface area contributed by atoms with Crippen molar-refractivity contribution in [1.29, 1.82) is 0 Å². The van der Waals surface area contributed by atoms with E-state index in [0.717, 1.165) is 16.5 Å². The molecule has 3 rings (SSSR count). The molecule has 0 aliphatic carbocycles. The number of hydrogen-bond donors (Lipinski definition) is 9. The zero-order valence-electron chi connectivity index (χ0n) is 30.0. The normalized spacial score (nSPS) is 13.7. The lowest BCUT2D eigenvalue weighted by Gasteiger charge is -2.26. The van der Waals surface area contributed by atoms with Crippen LogP contribution in [0.5, 0.6) is 0 Å². The van der Waals surface area contributed by atoms with Crippen molar-refractivity contribution in [2.75, 3.05) is 18.6 Å². The molecule has 0 aliphatic rings. The molecule has 1 aromatic heterocycles. The number of nitrogens with one attached hydrogen (secondary N) is 6. The highest BCUT2D eigenvalue weighted by molar-refractivity contribution is 7.98. The van der Waals surface area contributed by atoms with E-state index in [4.69, 9.17) is 11.5 Å². The number of para-hydroxylation sites is 1. The van der Waals surface area contributed by atoms with Gasteiger partial charge in [0.15, 0.2) is 5.96 Å². The summed E-state index contributed by atoms with van der Waals surface area (Å²) in [5, 5.41) is 23.9. The van der Waals surface area contributed by atoms with Gasteiger partial charge in [-0.05, 0) is 55.4 Å². The number of hydrogen-bond acceptors (Lipinski definition) is 8. The monoisotopic (exact) mass is 751 g/mol. The molecule has 0 fully saturated rings. The van der Waals surface area contributed by atoms with E-state index in [1.54, 1.807) is 36.5 Å². The number of carbonyl (C=O) groups is 6. The number of amides is 5. The summed E-state index contributed by atoms with van der Waals surface area (Å²) in [7, 11) is 0. The Morgan fingerprint density at radius 1 is 0.774 bits per heavy atom. The lowest BCUT2D eigenvalue weighted by Crippen LogP contribution is -2.59. The van der Waals surface area contributed by atoms with E-state index in [2.05, 4.69) is 36.6 Å². The Kier molecular flexibility index (Phi) is 16.6. The van der Waals surface area contributed by atoms with Gasteiger partial charge in [0.25, 0.3) is 0 Å². The maximum atomic E-state index is 14.0. The summed E-state index contributed by atoms with van der Waals surface area (Å²) in [6.07, 6.45) is 4.11. The second-order valence-electron chi connectivity index (χ2n) is 12.5. The molecule has 0 spiro atoms. The van der Waals surface area contributed by atoms with Gasteiger partial charge in [0.2, 0.25) is 29.5 Å². The number of nitrogens with zero attached hydrogens (tertiary/aromatic N) is 1. The average molecular weight is 752 g/mol. The number of rotatable bonds is 21. The largest absolute Gasteiger partial charge is 0.480 e. The number of carboxylic acid groups (broad SMARTS) is 1. The molecule has 0 saturated heterocycles. The molecular weight excluding hydrogens is 703 g/mol. The first-order chi connectivity index (χ1) is 25.3. The molecule has 0 bridgehead atoms. The van der Waals surface area contributed by atoms with Crippen LogP contribution in [0, 0.1) is 0 Å². The van der Waals surface area contributed by atoms with Crippen molar-refractivity contribution in [2.24, 2.45) is 16.5 Å². The summed E-state index contributed by atoms with van der Waals surface area (Å²) in [5.74, 6) is -4.07. The summed E-state index contributed by atoms with van der Waals surface area (Å²) in [5.41, 5.74) is 13.1. The number of H-pyrrole nitrogens is 1. The number of aromatic nitrogens is 1. The van der Waals surface area contributed by atoms with Crippen LogP contribution in [0.2, 0.25) is 0 Å². The van der Waals surface area contributed by atoms with Crippen LogP contribution in [-0.2, 0) is 41.6 Å². The van der Waals surface area contributed by atoms with Gasteiger partial charge in [-0.2, -0.15) is 11.8 Å². The van der Waals surface area contributed by atoms with Gasteiger partial charge < -0.3 is 48.1 Å². The Morgan fingerprint density at radius 2 is 1.36 bits per heavy atom. The summed E-state index contributed by atoms with van der Waals surface area (Å²) < 4.78 is 0. The lowest BCUT2D eigenvalue weighted by atomic mass is 10.0. The molecule has 16 nitrogen and oxygen atoms in total. The molecule has 5 atom stereocenters. The minimum atomic E-state index is -1.29. The zero-order valence-corrected chi connectivity index (χ0v) is 30.8. The SMILES string of the molecule is CSCC[C@H](NC(=O)[C@H](Cc1c[nH]c2ccccc12)NC(=O)[C@H](C)NC(C)=O)C(=O)N[C@@H](CCCN=C(N)N)C(=O)N[C@@H](Cc1ccccc1)C(=O)O. The standard InChI is InChI=1S/C36H49N9O7S/c1-21(41-22(2)46)31(47)44-29(19-24-20-40-26-13-8-7-12-25(24)26)34(50)43-28(15-17-53-3)33(49)42-27(14-9-16-39-36(37)38)32(48)45-30(35(51)52)18-23-10-5-4-6-11-23/h4-8,10-13,20-21,27-30,40H,9,14-19H2,1-3H3,(H,41,46)(H,42,49)(H,43,50)(H,44,47)(H,45,48)(H,51,52)(H4,37,38,39)/t21-,27-,28-,29-,30-/m0/s1. The third-order valence-corrected chi connectivity index (χ3v) is 8.91. The van der Waals surface area contributed by atoms with Gasteiger partial charge in [-0.3, -0.25) is 29.0 Å². The van der Waals surface area contributed by atoms with Crippen molar-refractivity contribution in [3.63, 3.8) is 0 Å². The Labute approximate surface area is 312 Å².